The first-order valence-corrected chi connectivity index (χ1v) is 11.3. The Morgan fingerprint density at radius 1 is 0.618 bits per heavy atom. The van der Waals surface area contributed by atoms with Gasteiger partial charge in [0.15, 0.2) is 0 Å². The van der Waals surface area contributed by atoms with E-state index in [-0.39, 0.29) is 0 Å². The second-order valence-electron chi connectivity index (χ2n) is 8.00. The summed E-state index contributed by atoms with van der Waals surface area (Å²) in [6.07, 6.45) is 7.95. The van der Waals surface area contributed by atoms with Gasteiger partial charge in [-0.2, -0.15) is 0 Å². The van der Waals surface area contributed by atoms with Gasteiger partial charge >= 0.3 is 0 Å². The highest BCUT2D eigenvalue weighted by Crippen LogP contribution is 2.34. The molecule has 0 atom stereocenters. The molecule has 4 N–H and O–H groups in total. The smallest absolute Gasteiger partial charge is 0.0462 e. The highest BCUT2D eigenvalue weighted by molar-refractivity contribution is 5.76. The highest BCUT2D eigenvalue weighted by atomic mass is 15.1. The van der Waals surface area contributed by atoms with Crippen molar-refractivity contribution in [3.05, 3.63) is 134 Å². The quantitative estimate of drug-likeness (QED) is 0.225. The van der Waals surface area contributed by atoms with E-state index in [9.17, 15) is 0 Å². The average molecular weight is 444 g/mol. The SMILES string of the molecule is C=C/C=C(\C=C/C)N(c1ccc(-c2ccc(N)cc2)cc1)c1ccc(-c2ccc(N)cc2)cc1. The summed E-state index contributed by atoms with van der Waals surface area (Å²) in [6, 6.07) is 33.0. The first-order chi connectivity index (χ1) is 16.6. The first kappa shape index (κ1) is 22.7. The van der Waals surface area contributed by atoms with Crippen LogP contribution in [-0.4, -0.2) is 0 Å². The van der Waals surface area contributed by atoms with Gasteiger partial charge < -0.3 is 16.4 Å². The number of hydrogen-bond donors (Lipinski definition) is 2. The van der Waals surface area contributed by atoms with Crippen molar-refractivity contribution in [2.75, 3.05) is 16.4 Å². The zero-order chi connectivity index (χ0) is 23.9. The van der Waals surface area contributed by atoms with E-state index in [2.05, 4.69) is 66.1 Å². The van der Waals surface area contributed by atoms with Gasteiger partial charge in [-0.15, -0.1) is 0 Å². The minimum absolute atomic E-state index is 0.763. The Morgan fingerprint density at radius 2 is 0.971 bits per heavy atom. The Hall–Kier alpha value is -4.50. The molecule has 0 spiro atoms. The van der Waals surface area contributed by atoms with Gasteiger partial charge in [-0.1, -0.05) is 67.3 Å². The number of hydrogen-bond acceptors (Lipinski definition) is 3. The van der Waals surface area contributed by atoms with Crippen LogP contribution in [0.2, 0.25) is 0 Å². The molecule has 3 heteroatoms. The van der Waals surface area contributed by atoms with Crippen molar-refractivity contribution < 1.29 is 0 Å². The fraction of sp³-hybridized carbons (Fsp3) is 0.0323. The van der Waals surface area contributed by atoms with Gasteiger partial charge in [0.25, 0.3) is 0 Å². The third-order valence-electron chi connectivity index (χ3n) is 5.62. The summed E-state index contributed by atoms with van der Waals surface area (Å²) >= 11 is 0. The third kappa shape index (κ3) is 5.11. The standard InChI is InChI=1S/C31H29N3/c1-3-5-29(6-4-2)34(30-19-11-25(12-20-30)23-7-15-27(32)16-8-23)31-21-13-26(14-22-31)24-9-17-28(33)18-10-24/h3-22H,1,32-33H2,2H3/b6-4-,29-5+. The fourth-order valence-electron chi connectivity index (χ4n) is 3.90. The molecular formula is C31H29N3. The van der Waals surface area contributed by atoms with E-state index in [0.29, 0.717) is 0 Å². The van der Waals surface area contributed by atoms with Crippen LogP contribution in [0.15, 0.2) is 134 Å². The lowest BCUT2D eigenvalue weighted by Crippen LogP contribution is -2.15. The van der Waals surface area contributed by atoms with Crippen LogP contribution in [0.3, 0.4) is 0 Å². The van der Waals surface area contributed by atoms with Gasteiger partial charge in [-0.25, -0.2) is 0 Å². The van der Waals surface area contributed by atoms with Crippen LogP contribution in [0.1, 0.15) is 6.92 Å². The van der Waals surface area contributed by atoms with Crippen LogP contribution in [0.5, 0.6) is 0 Å². The number of allylic oxidation sites excluding steroid dienone is 4. The number of benzene rings is 4. The molecule has 34 heavy (non-hydrogen) atoms. The number of nitrogen functional groups attached to an aromatic ring is 2. The van der Waals surface area contributed by atoms with Crippen molar-refractivity contribution in [1.29, 1.82) is 0 Å². The lowest BCUT2D eigenvalue weighted by Gasteiger charge is -2.27. The van der Waals surface area contributed by atoms with Gasteiger partial charge in [0.2, 0.25) is 0 Å². The van der Waals surface area contributed by atoms with Crippen molar-refractivity contribution in [3.63, 3.8) is 0 Å². The monoisotopic (exact) mass is 443 g/mol. The minimum Gasteiger partial charge on any atom is -0.399 e. The Balaban J connectivity index is 1.72. The topological polar surface area (TPSA) is 55.3 Å². The number of anilines is 4. The van der Waals surface area contributed by atoms with Crippen LogP contribution in [0.25, 0.3) is 22.3 Å². The first-order valence-electron chi connectivity index (χ1n) is 11.3. The zero-order valence-electron chi connectivity index (χ0n) is 19.4. The third-order valence-corrected chi connectivity index (χ3v) is 5.62. The summed E-state index contributed by atoms with van der Waals surface area (Å²) in [7, 11) is 0. The molecule has 3 nitrogen and oxygen atoms in total. The van der Waals surface area contributed by atoms with E-state index in [1.54, 1.807) is 0 Å². The number of nitrogens with two attached hydrogens (primary N) is 2. The van der Waals surface area contributed by atoms with E-state index in [0.717, 1.165) is 50.7 Å². The van der Waals surface area contributed by atoms with Gasteiger partial charge in [0.05, 0.1) is 0 Å². The van der Waals surface area contributed by atoms with Crippen LogP contribution >= 0.6 is 0 Å². The molecule has 0 aliphatic heterocycles. The maximum Gasteiger partial charge on any atom is 0.0462 e. The predicted octanol–water partition coefficient (Wildman–Crippen LogP) is 7.97. The fourth-order valence-corrected chi connectivity index (χ4v) is 3.90. The Morgan fingerprint density at radius 3 is 1.29 bits per heavy atom. The zero-order valence-corrected chi connectivity index (χ0v) is 19.4. The summed E-state index contributed by atoms with van der Waals surface area (Å²) in [5, 5.41) is 0. The van der Waals surface area contributed by atoms with Crippen LogP contribution in [0, 0.1) is 0 Å². The Kier molecular flexibility index (Phi) is 6.95. The summed E-state index contributed by atoms with van der Waals surface area (Å²) in [5.41, 5.74) is 20.9. The summed E-state index contributed by atoms with van der Waals surface area (Å²) in [5.74, 6) is 0. The largest absolute Gasteiger partial charge is 0.399 e. The number of nitrogens with zero attached hydrogens (tertiary/aromatic N) is 1. The van der Waals surface area contributed by atoms with Crippen molar-refractivity contribution in [2.45, 2.75) is 6.92 Å². The predicted molar refractivity (Wildman–Crippen MR) is 148 cm³/mol. The molecular weight excluding hydrogens is 414 g/mol. The summed E-state index contributed by atoms with van der Waals surface area (Å²) < 4.78 is 0. The van der Waals surface area contributed by atoms with Crippen LogP contribution in [-0.2, 0) is 0 Å². The maximum atomic E-state index is 5.84. The highest BCUT2D eigenvalue weighted by Gasteiger charge is 2.13. The van der Waals surface area contributed by atoms with E-state index < -0.39 is 0 Å². The van der Waals surface area contributed by atoms with Crippen molar-refractivity contribution in [1.82, 2.24) is 0 Å². The van der Waals surface area contributed by atoms with Crippen molar-refractivity contribution in [3.8, 4) is 22.3 Å². The molecule has 0 aliphatic carbocycles. The van der Waals surface area contributed by atoms with E-state index in [1.165, 1.54) is 0 Å². The molecule has 0 radical (unpaired) electrons. The van der Waals surface area contributed by atoms with Gasteiger partial charge in [-0.05, 0) is 89.9 Å². The van der Waals surface area contributed by atoms with Crippen LogP contribution in [0.4, 0.5) is 22.7 Å². The number of rotatable bonds is 7. The summed E-state index contributed by atoms with van der Waals surface area (Å²) in [6.45, 7) is 5.93. The van der Waals surface area contributed by atoms with E-state index in [1.807, 2.05) is 73.7 Å². The molecule has 168 valence electrons. The molecule has 0 aliphatic rings. The molecule has 0 fully saturated rings. The second kappa shape index (κ2) is 10.4. The Labute approximate surface area is 202 Å². The van der Waals surface area contributed by atoms with Gasteiger partial charge in [0.1, 0.15) is 0 Å². The van der Waals surface area contributed by atoms with E-state index >= 15 is 0 Å². The van der Waals surface area contributed by atoms with E-state index in [4.69, 9.17) is 11.5 Å². The molecule has 0 saturated carbocycles. The van der Waals surface area contributed by atoms with Crippen molar-refractivity contribution in [2.24, 2.45) is 0 Å². The molecule has 0 amide bonds. The molecule has 0 unspecified atom stereocenters. The van der Waals surface area contributed by atoms with Gasteiger partial charge in [-0.3, -0.25) is 0 Å². The molecule has 4 rings (SSSR count). The minimum atomic E-state index is 0.763. The molecule has 4 aromatic carbocycles. The molecule has 4 aromatic rings. The second-order valence-corrected chi connectivity index (χ2v) is 8.00. The Bertz CT molecular complexity index is 1210. The van der Waals surface area contributed by atoms with Crippen molar-refractivity contribution >= 4 is 22.7 Å². The average Bonchev–Trinajstić information content (AvgIpc) is 2.86. The normalized spacial score (nSPS) is 11.5. The molecule has 0 heterocycles. The molecule has 0 aromatic heterocycles. The summed E-state index contributed by atoms with van der Waals surface area (Å²) in [4.78, 5) is 2.22. The van der Waals surface area contributed by atoms with Crippen LogP contribution < -0.4 is 16.4 Å². The lowest BCUT2D eigenvalue weighted by atomic mass is 10.0. The maximum absolute atomic E-state index is 5.84. The molecule has 0 bridgehead atoms. The lowest BCUT2D eigenvalue weighted by molar-refractivity contribution is 1.21. The molecule has 0 saturated heterocycles. The van der Waals surface area contributed by atoms with Gasteiger partial charge in [0, 0.05) is 28.4 Å².